The van der Waals surface area contributed by atoms with Gasteiger partial charge in [0.05, 0.1) is 24.1 Å². The minimum absolute atomic E-state index is 0.0322. The molecule has 2 heterocycles. The first-order valence-electron chi connectivity index (χ1n) is 10.5. The summed E-state index contributed by atoms with van der Waals surface area (Å²) in [6.07, 6.45) is 5.11. The Labute approximate surface area is 184 Å². The van der Waals surface area contributed by atoms with E-state index in [0.29, 0.717) is 30.7 Å². The average molecular weight is 462 g/mol. The topological polar surface area (TPSA) is 132 Å². The molecule has 3 aromatic rings. The lowest BCUT2D eigenvalue weighted by atomic mass is 10.1. The minimum Gasteiger partial charge on any atom is -0.393 e. The molecule has 0 aliphatic heterocycles. The van der Waals surface area contributed by atoms with Gasteiger partial charge in [-0.3, -0.25) is 4.18 Å². The molecule has 0 spiro atoms. The predicted octanol–water partition coefficient (Wildman–Crippen LogP) is 2.20. The van der Waals surface area contributed by atoms with Gasteiger partial charge in [-0.15, -0.1) is 0 Å². The molecule has 9 nitrogen and oxygen atoms in total. The third-order valence-electron chi connectivity index (χ3n) is 6.51. The van der Waals surface area contributed by atoms with Crippen LogP contribution in [0.3, 0.4) is 0 Å². The number of rotatable bonds is 6. The standard InChI is InChI=1S/C21H24FN5O4S/c22-17-3-1-2-15-14(17)4-5-18(15)26-20-16-6-7-27(21(16)25-11-24-20)13-8-12(19(28)9-13)10-31-32(23,29)30/h1-3,6-7,11-13,18-19,28H,4-5,8-10H2,(H2,23,29,30)(H,24,25,26)/t12-,13+,18-,19?/m0/s1. The maximum Gasteiger partial charge on any atom is 0.333 e. The largest absolute Gasteiger partial charge is 0.393 e. The van der Waals surface area contributed by atoms with Gasteiger partial charge in [-0.25, -0.2) is 19.5 Å². The number of nitrogens with zero attached hydrogens (tertiary/aromatic N) is 3. The normalized spacial score (nSPS) is 25.3. The number of fused-ring (bicyclic) bond motifs is 2. The van der Waals surface area contributed by atoms with E-state index in [2.05, 4.69) is 19.5 Å². The average Bonchev–Trinajstić information content (AvgIpc) is 3.44. The van der Waals surface area contributed by atoms with Crippen molar-refractivity contribution in [2.24, 2.45) is 11.1 Å². The molecule has 1 unspecified atom stereocenters. The van der Waals surface area contributed by atoms with Gasteiger partial charge in [0.15, 0.2) is 0 Å². The van der Waals surface area contributed by atoms with Crippen LogP contribution < -0.4 is 10.5 Å². The van der Waals surface area contributed by atoms with Gasteiger partial charge in [0, 0.05) is 18.2 Å². The lowest BCUT2D eigenvalue weighted by Crippen LogP contribution is -2.24. The van der Waals surface area contributed by atoms with E-state index in [0.717, 1.165) is 22.9 Å². The third kappa shape index (κ3) is 3.96. The van der Waals surface area contributed by atoms with E-state index >= 15 is 0 Å². The summed E-state index contributed by atoms with van der Waals surface area (Å²) in [6.45, 7) is -0.158. The van der Waals surface area contributed by atoms with Crippen LogP contribution in [0, 0.1) is 11.7 Å². The second kappa shape index (κ2) is 8.07. The fourth-order valence-electron chi connectivity index (χ4n) is 4.97. The molecule has 4 atom stereocenters. The Morgan fingerprint density at radius 2 is 2.12 bits per heavy atom. The Morgan fingerprint density at radius 3 is 2.94 bits per heavy atom. The van der Waals surface area contributed by atoms with Crippen molar-refractivity contribution in [3.63, 3.8) is 0 Å². The fourth-order valence-corrected chi connectivity index (χ4v) is 5.33. The zero-order valence-electron chi connectivity index (χ0n) is 17.2. The van der Waals surface area contributed by atoms with Gasteiger partial charge in [-0.1, -0.05) is 12.1 Å². The maximum atomic E-state index is 14.1. The Hall–Kier alpha value is -2.60. The van der Waals surface area contributed by atoms with Crippen LogP contribution in [0.5, 0.6) is 0 Å². The first kappa shape index (κ1) is 21.3. The molecule has 1 fully saturated rings. The Morgan fingerprint density at radius 1 is 1.28 bits per heavy atom. The number of aliphatic hydroxyl groups is 1. The molecule has 170 valence electrons. The monoisotopic (exact) mass is 461 g/mol. The van der Waals surface area contributed by atoms with E-state index in [9.17, 15) is 17.9 Å². The first-order valence-corrected chi connectivity index (χ1v) is 12.0. The van der Waals surface area contributed by atoms with E-state index in [-0.39, 0.29) is 30.4 Å². The lowest BCUT2D eigenvalue weighted by molar-refractivity contribution is 0.100. The van der Waals surface area contributed by atoms with E-state index in [1.54, 1.807) is 6.07 Å². The molecule has 1 saturated carbocycles. The van der Waals surface area contributed by atoms with Crippen LogP contribution in [0.25, 0.3) is 11.0 Å². The predicted molar refractivity (Wildman–Crippen MR) is 115 cm³/mol. The zero-order chi connectivity index (χ0) is 22.5. The Balaban J connectivity index is 1.37. The fraction of sp³-hybridized carbons (Fsp3) is 0.429. The van der Waals surface area contributed by atoms with Crippen LogP contribution in [-0.2, 0) is 20.9 Å². The number of nitrogens with two attached hydrogens (primary N) is 1. The van der Waals surface area contributed by atoms with Crippen molar-refractivity contribution in [2.75, 3.05) is 11.9 Å². The number of hydrogen-bond donors (Lipinski definition) is 3. The molecule has 4 N–H and O–H groups in total. The first-order chi connectivity index (χ1) is 15.3. The Kier molecular flexibility index (Phi) is 5.36. The highest BCUT2D eigenvalue weighted by atomic mass is 32.2. The highest BCUT2D eigenvalue weighted by Gasteiger charge is 2.35. The summed E-state index contributed by atoms with van der Waals surface area (Å²) in [7, 11) is -4.05. The summed E-state index contributed by atoms with van der Waals surface area (Å²) < 4.78 is 42.9. The third-order valence-corrected chi connectivity index (χ3v) is 6.97. The number of nitrogens with one attached hydrogen (secondary N) is 1. The molecule has 0 saturated heterocycles. The van der Waals surface area contributed by atoms with Crippen molar-refractivity contribution in [3.05, 3.63) is 53.7 Å². The van der Waals surface area contributed by atoms with Gasteiger partial charge in [-0.05, 0) is 48.9 Å². The van der Waals surface area contributed by atoms with Crippen molar-refractivity contribution in [1.29, 1.82) is 0 Å². The van der Waals surface area contributed by atoms with Gasteiger partial charge in [0.25, 0.3) is 0 Å². The van der Waals surface area contributed by atoms with Crippen LogP contribution in [0.4, 0.5) is 10.2 Å². The SMILES string of the molecule is NS(=O)(=O)OC[C@@H]1C[C@@H](n2ccc3c(N[C@H]4CCc5c(F)cccc54)ncnc32)CC1O. The molecule has 0 bridgehead atoms. The highest BCUT2D eigenvalue weighted by molar-refractivity contribution is 7.84. The van der Waals surface area contributed by atoms with Crippen molar-refractivity contribution in [2.45, 2.75) is 43.9 Å². The second-order valence-electron chi connectivity index (χ2n) is 8.46. The van der Waals surface area contributed by atoms with Gasteiger partial charge in [0.1, 0.15) is 23.6 Å². The van der Waals surface area contributed by atoms with Crippen molar-refractivity contribution < 1.29 is 22.1 Å². The van der Waals surface area contributed by atoms with E-state index in [1.165, 1.54) is 12.4 Å². The van der Waals surface area contributed by atoms with E-state index in [4.69, 9.17) is 5.14 Å². The molecule has 0 radical (unpaired) electrons. The molecule has 2 aromatic heterocycles. The summed E-state index contributed by atoms with van der Waals surface area (Å²) in [4.78, 5) is 8.85. The van der Waals surface area contributed by atoms with Gasteiger partial charge < -0.3 is 15.0 Å². The number of halogens is 1. The number of benzene rings is 1. The summed E-state index contributed by atoms with van der Waals surface area (Å²) in [5.41, 5.74) is 2.42. The molecule has 5 rings (SSSR count). The van der Waals surface area contributed by atoms with E-state index < -0.39 is 16.4 Å². The van der Waals surface area contributed by atoms with Crippen LogP contribution in [0.2, 0.25) is 0 Å². The summed E-state index contributed by atoms with van der Waals surface area (Å²) in [6, 6.07) is 6.97. The van der Waals surface area contributed by atoms with Crippen molar-refractivity contribution in [3.8, 4) is 0 Å². The molecular formula is C21H24FN5O4S. The van der Waals surface area contributed by atoms with Crippen LogP contribution in [0.15, 0.2) is 36.8 Å². The Bertz CT molecular complexity index is 1260. The molecule has 0 amide bonds. The number of hydrogen-bond acceptors (Lipinski definition) is 7. The molecule has 11 heteroatoms. The van der Waals surface area contributed by atoms with Gasteiger partial charge in [-0.2, -0.15) is 8.42 Å². The summed E-state index contributed by atoms with van der Waals surface area (Å²) in [5.74, 6) is 0.148. The van der Waals surface area contributed by atoms with Crippen molar-refractivity contribution >= 4 is 27.2 Å². The molecular weight excluding hydrogens is 437 g/mol. The maximum absolute atomic E-state index is 14.1. The quantitative estimate of drug-likeness (QED) is 0.513. The van der Waals surface area contributed by atoms with Gasteiger partial charge >= 0.3 is 10.3 Å². The zero-order valence-corrected chi connectivity index (χ0v) is 18.0. The van der Waals surface area contributed by atoms with Crippen LogP contribution >= 0.6 is 0 Å². The summed E-state index contributed by atoms with van der Waals surface area (Å²) in [5, 5.41) is 19.6. The molecule has 2 aliphatic carbocycles. The van der Waals surface area contributed by atoms with Crippen molar-refractivity contribution in [1.82, 2.24) is 14.5 Å². The number of aromatic nitrogens is 3. The van der Waals surface area contributed by atoms with Gasteiger partial charge in [0.2, 0.25) is 0 Å². The lowest BCUT2D eigenvalue weighted by Gasteiger charge is -2.16. The van der Waals surface area contributed by atoms with E-state index in [1.807, 2.05) is 22.9 Å². The second-order valence-corrected chi connectivity index (χ2v) is 9.68. The molecule has 1 aromatic carbocycles. The minimum atomic E-state index is -4.05. The highest BCUT2D eigenvalue weighted by Crippen LogP contribution is 2.39. The number of anilines is 1. The number of aliphatic hydroxyl groups excluding tert-OH is 1. The smallest absolute Gasteiger partial charge is 0.333 e. The molecule has 2 aliphatic rings. The molecule has 32 heavy (non-hydrogen) atoms. The van der Waals surface area contributed by atoms with Crippen LogP contribution in [-0.4, -0.2) is 40.8 Å². The summed E-state index contributed by atoms with van der Waals surface area (Å²) >= 11 is 0. The van der Waals surface area contributed by atoms with Crippen LogP contribution in [0.1, 0.15) is 42.5 Å².